The van der Waals surface area contributed by atoms with Gasteiger partial charge in [0.15, 0.2) is 0 Å². The Morgan fingerprint density at radius 1 is 1.00 bits per heavy atom. The highest BCUT2D eigenvalue weighted by Crippen LogP contribution is 2.45. The van der Waals surface area contributed by atoms with Crippen molar-refractivity contribution in [1.29, 1.82) is 0 Å². The van der Waals surface area contributed by atoms with Gasteiger partial charge in [-0.15, -0.1) is 0 Å². The molecule has 0 atom stereocenters. The molecule has 2 aliphatic rings. The summed E-state index contributed by atoms with van der Waals surface area (Å²) in [6, 6.07) is 16.1. The molecular formula is C20H22N2O4S. The van der Waals surface area contributed by atoms with E-state index in [4.69, 9.17) is 4.74 Å². The Morgan fingerprint density at radius 3 is 2.37 bits per heavy atom. The molecule has 7 heteroatoms. The molecule has 27 heavy (non-hydrogen) atoms. The number of carbonyl (C=O) groups is 1. The number of carbonyl (C=O) groups excluding carboxylic acids is 1. The van der Waals surface area contributed by atoms with Crippen LogP contribution < -0.4 is 5.32 Å². The van der Waals surface area contributed by atoms with E-state index in [1.54, 1.807) is 12.1 Å². The minimum Gasteiger partial charge on any atom is -0.379 e. The van der Waals surface area contributed by atoms with Gasteiger partial charge in [-0.3, -0.25) is 4.79 Å². The van der Waals surface area contributed by atoms with Crippen molar-refractivity contribution in [2.24, 2.45) is 0 Å². The van der Waals surface area contributed by atoms with Gasteiger partial charge in [-0.1, -0.05) is 36.4 Å². The van der Waals surface area contributed by atoms with Crippen molar-refractivity contribution >= 4 is 15.9 Å². The second-order valence-electron chi connectivity index (χ2n) is 6.95. The number of ether oxygens (including phenoxy) is 1. The van der Waals surface area contributed by atoms with Gasteiger partial charge < -0.3 is 10.1 Å². The van der Waals surface area contributed by atoms with Gasteiger partial charge in [-0.25, -0.2) is 8.42 Å². The van der Waals surface area contributed by atoms with Gasteiger partial charge in [-0.05, 0) is 36.6 Å². The van der Waals surface area contributed by atoms with Crippen LogP contribution in [0.3, 0.4) is 0 Å². The molecule has 1 aliphatic carbocycles. The van der Waals surface area contributed by atoms with Crippen molar-refractivity contribution < 1.29 is 17.9 Å². The summed E-state index contributed by atoms with van der Waals surface area (Å²) >= 11 is 0. The van der Waals surface area contributed by atoms with Crippen LogP contribution >= 0.6 is 0 Å². The zero-order chi connectivity index (χ0) is 18.9. The smallest absolute Gasteiger partial charge is 0.252 e. The Balaban J connectivity index is 1.55. The minimum absolute atomic E-state index is 0.140. The van der Waals surface area contributed by atoms with Crippen molar-refractivity contribution in [3.63, 3.8) is 0 Å². The summed E-state index contributed by atoms with van der Waals surface area (Å²) in [6.07, 6.45) is 1.77. The maximum atomic E-state index is 12.8. The summed E-state index contributed by atoms with van der Waals surface area (Å²) in [7, 11) is -3.62. The Hall–Kier alpha value is -2.22. The molecule has 0 spiro atoms. The van der Waals surface area contributed by atoms with Crippen molar-refractivity contribution in [2.45, 2.75) is 23.3 Å². The van der Waals surface area contributed by atoms with Crippen molar-refractivity contribution in [1.82, 2.24) is 9.62 Å². The number of nitrogens with zero attached hydrogens (tertiary/aromatic N) is 1. The van der Waals surface area contributed by atoms with Gasteiger partial charge in [0.25, 0.3) is 5.91 Å². The van der Waals surface area contributed by atoms with E-state index >= 15 is 0 Å². The lowest BCUT2D eigenvalue weighted by Crippen LogP contribution is -2.40. The third-order valence-electron chi connectivity index (χ3n) is 5.13. The molecule has 1 saturated carbocycles. The van der Waals surface area contributed by atoms with E-state index in [1.165, 1.54) is 16.4 Å². The quantitative estimate of drug-likeness (QED) is 0.854. The zero-order valence-corrected chi connectivity index (χ0v) is 15.7. The fourth-order valence-electron chi connectivity index (χ4n) is 3.39. The second-order valence-corrected chi connectivity index (χ2v) is 8.88. The SMILES string of the molecule is O=C(NC1(c2ccccc2)CC1)c1cccc(S(=O)(=O)N2CCOCC2)c1. The number of amides is 1. The van der Waals surface area contributed by atoms with Gasteiger partial charge in [0.1, 0.15) is 0 Å². The van der Waals surface area contributed by atoms with E-state index in [0.717, 1.165) is 18.4 Å². The lowest BCUT2D eigenvalue weighted by molar-refractivity contribution is 0.0730. The molecular weight excluding hydrogens is 364 g/mol. The molecule has 142 valence electrons. The van der Waals surface area contributed by atoms with Crippen LogP contribution in [0.25, 0.3) is 0 Å². The summed E-state index contributed by atoms with van der Waals surface area (Å²) in [6.45, 7) is 1.43. The van der Waals surface area contributed by atoms with Crippen molar-refractivity contribution in [3.8, 4) is 0 Å². The molecule has 4 rings (SSSR count). The van der Waals surface area contributed by atoms with Crippen LogP contribution in [0.2, 0.25) is 0 Å². The highest BCUT2D eigenvalue weighted by molar-refractivity contribution is 7.89. The lowest BCUT2D eigenvalue weighted by Gasteiger charge is -2.26. The van der Waals surface area contributed by atoms with Crippen molar-refractivity contribution in [2.75, 3.05) is 26.3 Å². The minimum atomic E-state index is -3.62. The Morgan fingerprint density at radius 2 is 1.70 bits per heavy atom. The fraction of sp³-hybridized carbons (Fsp3) is 0.350. The third kappa shape index (κ3) is 3.63. The molecule has 2 aromatic rings. The summed E-state index contributed by atoms with van der Waals surface area (Å²) in [5.41, 5.74) is 1.10. The number of nitrogens with one attached hydrogen (secondary N) is 1. The Labute approximate surface area is 159 Å². The topological polar surface area (TPSA) is 75.7 Å². The zero-order valence-electron chi connectivity index (χ0n) is 14.9. The van der Waals surface area contributed by atoms with Crippen LogP contribution in [-0.2, 0) is 20.3 Å². The molecule has 0 bridgehead atoms. The Bertz CT molecular complexity index is 933. The standard InChI is InChI=1S/C20H22N2O4S/c23-19(21-20(9-10-20)17-6-2-1-3-7-17)16-5-4-8-18(15-16)27(24,25)22-11-13-26-14-12-22/h1-8,15H,9-14H2,(H,21,23). The van der Waals surface area contributed by atoms with Crippen molar-refractivity contribution in [3.05, 3.63) is 65.7 Å². The molecule has 0 aromatic heterocycles. The molecule has 1 heterocycles. The van der Waals surface area contributed by atoms with Gasteiger partial charge >= 0.3 is 0 Å². The largest absolute Gasteiger partial charge is 0.379 e. The first-order valence-corrected chi connectivity index (χ1v) is 10.5. The van der Waals surface area contributed by atoms with Gasteiger partial charge in [0.2, 0.25) is 10.0 Å². The average molecular weight is 386 g/mol. The number of benzene rings is 2. The number of hydrogen-bond donors (Lipinski definition) is 1. The molecule has 2 fully saturated rings. The van der Waals surface area contributed by atoms with E-state index < -0.39 is 10.0 Å². The summed E-state index contributed by atoms with van der Waals surface area (Å²) in [5, 5.41) is 3.09. The van der Waals surface area contributed by atoms with Gasteiger partial charge in [0.05, 0.1) is 23.6 Å². The van der Waals surface area contributed by atoms with E-state index in [9.17, 15) is 13.2 Å². The monoisotopic (exact) mass is 386 g/mol. The molecule has 1 aliphatic heterocycles. The molecule has 2 aromatic carbocycles. The highest BCUT2D eigenvalue weighted by atomic mass is 32.2. The predicted molar refractivity (Wildman–Crippen MR) is 101 cm³/mol. The summed E-state index contributed by atoms with van der Waals surface area (Å²) < 4.78 is 32.3. The van der Waals surface area contributed by atoms with E-state index in [0.29, 0.717) is 31.9 Å². The van der Waals surface area contributed by atoms with Gasteiger partial charge in [-0.2, -0.15) is 4.31 Å². The molecule has 6 nitrogen and oxygen atoms in total. The first-order chi connectivity index (χ1) is 13.0. The number of rotatable bonds is 5. The first kappa shape index (κ1) is 18.2. The molecule has 1 N–H and O–H groups in total. The third-order valence-corrected chi connectivity index (χ3v) is 7.03. The average Bonchev–Trinajstić information content (AvgIpc) is 3.50. The van der Waals surface area contributed by atoms with Crippen LogP contribution in [0.15, 0.2) is 59.5 Å². The van der Waals surface area contributed by atoms with E-state index in [2.05, 4.69) is 5.32 Å². The first-order valence-electron chi connectivity index (χ1n) is 9.07. The highest BCUT2D eigenvalue weighted by Gasteiger charge is 2.45. The number of morpholine rings is 1. The molecule has 0 unspecified atom stereocenters. The molecule has 1 amide bonds. The lowest BCUT2D eigenvalue weighted by atomic mass is 10.0. The van der Waals surface area contributed by atoms with Crippen LogP contribution in [0.1, 0.15) is 28.8 Å². The number of sulfonamides is 1. The maximum Gasteiger partial charge on any atom is 0.252 e. The normalized spacial score (nSPS) is 19.4. The second kappa shape index (κ2) is 7.07. The number of hydrogen-bond acceptors (Lipinski definition) is 4. The molecule has 1 saturated heterocycles. The summed E-state index contributed by atoms with van der Waals surface area (Å²) in [4.78, 5) is 12.9. The fourth-order valence-corrected chi connectivity index (χ4v) is 4.85. The predicted octanol–water partition coefficient (Wildman–Crippen LogP) is 2.13. The van der Waals surface area contributed by atoms with Crippen LogP contribution in [0, 0.1) is 0 Å². The Kier molecular flexibility index (Phi) is 4.75. The van der Waals surface area contributed by atoms with E-state index in [-0.39, 0.29) is 16.3 Å². The van der Waals surface area contributed by atoms with Crippen LogP contribution in [0.4, 0.5) is 0 Å². The summed E-state index contributed by atoms with van der Waals surface area (Å²) in [5.74, 6) is -0.254. The van der Waals surface area contributed by atoms with E-state index in [1.807, 2.05) is 30.3 Å². The maximum absolute atomic E-state index is 12.8. The van der Waals surface area contributed by atoms with Gasteiger partial charge in [0, 0.05) is 18.7 Å². The molecule has 0 radical (unpaired) electrons. The van der Waals surface area contributed by atoms with Crippen LogP contribution in [0.5, 0.6) is 0 Å². The van der Waals surface area contributed by atoms with Crippen LogP contribution in [-0.4, -0.2) is 44.9 Å².